The summed E-state index contributed by atoms with van der Waals surface area (Å²) in [6.07, 6.45) is -0.0419. The number of carbonyl (C=O) groups excluding carboxylic acids is 1. The summed E-state index contributed by atoms with van der Waals surface area (Å²) in [5.74, 6) is 1.21. The Hall–Kier alpha value is -2.15. The van der Waals surface area contributed by atoms with E-state index in [1.54, 1.807) is 30.3 Å². The molecule has 0 aromatic heterocycles. The first kappa shape index (κ1) is 16.7. The van der Waals surface area contributed by atoms with Gasteiger partial charge in [-0.1, -0.05) is 35.3 Å². The summed E-state index contributed by atoms with van der Waals surface area (Å²) in [4.78, 5) is 11.1. The monoisotopic (exact) mass is 368 g/mol. The van der Waals surface area contributed by atoms with Gasteiger partial charge in [-0.25, -0.2) is 10.3 Å². The number of hydrogen-bond donors (Lipinski definition) is 3. The molecule has 3 rings (SSSR count). The minimum atomic E-state index is -0.724. The zero-order valence-corrected chi connectivity index (χ0v) is 13.9. The first-order valence-electron chi connectivity index (χ1n) is 7.12. The molecule has 2 aromatic rings. The molecule has 0 bridgehead atoms. The first-order chi connectivity index (χ1) is 11.6. The molecule has 0 radical (unpaired) electrons. The van der Waals surface area contributed by atoms with E-state index in [0.29, 0.717) is 33.5 Å². The highest BCUT2D eigenvalue weighted by Crippen LogP contribution is 2.33. The van der Waals surface area contributed by atoms with E-state index in [1.165, 1.54) is 5.48 Å². The summed E-state index contributed by atoms with van der Waals surface area (Å²) in [6.45, 7) is 0.228. The molecule has 2 aromatic carbocycles. The quantitative estimate of drug-likeness (QED) is 0.569. The molecule has 6 nitrogen and oxygen atoms in total. The van der Waals surface area contributed by atoms with Gasteiger partial charge in [-0.3, -0.25) is 5.21 Å². The Morgan fingerprint density at radius 3 is 2.75 bits per heavy atom. The average Bonchev–Trinajstić information content (AvgIpc) is 2.95. The number of amides is 2. The minimum absolute atomic E-state index is 0.228. The van der Waals surface area contributed by atoms with Crippen molar-refractivity contribution < 1.29 is 19.5 Å². The van der Waals surface area contributed by atoms with Crippen LogP contribution in [0.15, 0.2) is 36.4 Å². The lowest BCUT2D eigenvalue weighted by atomic mass is 10.1. The molecule has 1 heterocycles. The number of ether oxygens (including phenoxy) is 2. The van der Waals surface area contributed by atoms with Gasteiger partial charge < -0.3 is 14.8 Å². The topological polar surface area (TPSA) is 79.8 Å². The second-order valence-corrected chi connectivity index (χ2v) is 5.97. The van der Waals surface area contributed by atoms with Gasteiger partial charge in [0.25, 0.3) is 0 Å². The Morgan fingerprint density at radius 2 is 2.04 bits per heavy atom. The Balaban J connectivity index is 1.66. The van der Waals surface area contributed by atoms with Crippen LogP contribution in [0.2, 0.25) is 10.0 Å². The number of urea groups is 1. The van der Waals surface area contributed by atoms with Crippen LogP contribution in [0.5, 0.6) is 11.5 Å². The van der Waals surface area contributed by atoms with Crippen molar-refractivity contribution in [1.82, 2.24) is 10.8 Å². The number of rotatable bonds is 4. The third kappa shape index (κ3) is 3.67. The fourth-order valence-corrected chi connectivity index (χ4v) is 2.89. The number of halogens is 2. The molecule has 126 valence electrons. The van der Waals surface area contributed by atoms with Crippen LogP contribution < -0.4 is 20.3 Å². The van der Waals surface area contributed by atoms with E-state index in [1.807, 2.05) is 6.07 Å². The summed E-state index contributed by atoms with van der Waals surface area (Å²) in [7, 11) is 0. The Kier molecular flexibility index (Phi) is 4.99. The fourth-order valence-electron chi connectivity index (χ4n) is 2.38. The highest BCUT2D eigenvalue weighted by atomic mass is 35.5. The number of benzene rings is 2. The molecule has 0 saturated carbocycles. The molecule has 0 spiro atoms. The van der Waals surface area contributed by atoms with Crippen molar-refractivity contribution in [2.24, 2.45) is 0 Å². The van der Waals surface area contributed by atoms with Crippen LogP contribution in [0.3, 0.4) is 0 Å². The molecule has 8 heteroatoms. The third-order valence-corrected chi connectivity index (χ3v) is 4.26. The lowest BCUT2D eigenvalue weighted by Gasteiger charge is -2.12. The number of nitrogens with one attached hydrogen (secondary N) is 2. The van der Waals surface area contributed by atoms with E-state index in [0.717, 1.165) is 5.56 Å². The lowest BCUT2D eigenvalue weighted by molar-refractivity contribution is 0.137. The number of hydrogen-bond acceptors (Lipinski definition) is 4. The number of carbonyl (C=O) groups is 1. The molecule has 24 heavy (non-hydrogen) atoms. The van der Waals surface area contributed by atoms with E-state index < -0.39 is 12.3 Å². The van der Waals surface area contributed by atoms with Crippen molar-refractivity contribution >= 4 is 29.2 Å². The van der Waals surface area contributed by atoms with Crippen molar-refractivity contribution in [3.63, 3.8) is 0 Å². The second-order valence-electron chi connectivity index (χ2n) is 5.15. The highest BCUT2D eigenvalue weighted by molar-refractivity contribution is 6.35. The average molecular weight is 369 g/mol. The Labute approximate surface area is 148 Å². The molecule has 1 aliphatic rings. The highest BCUT2D eigenvalue weighted by Gasteiger charge is 2.24. The molecule has 0 fully saturated rings. The summed E-state index contributed by atoms with van der Waals surface area (Å²) >= 11 is 12.2. The van der Waals surface area contributed by atoms with Gasteiger partial charge in [0.1, 0.15) is 18.1 Å². The predicted octanol–water partition coefficient (Wildman–Crippen LogP) is 3.52. The molecule has 1 atom stereocenters. The summed E-state index contributed by atoms with van der Waals surface area (Å²) < 4.78 is 11.3. The van der Waals surface area contributed by atoms with Crippen LogP contribution >= 0.6 is 23.2 Å². The van der Waals surface area contributed by atoms with Gasteiger partial charge in [-0.2, -0.15) is 0 Å². The van der Waals surface area contributed by atoms with E-state index in [2.05, 4.69) is 5.32 Å². The van der Waals surface area contributed by atoms with Gasteiger partial charge in [0.15, 0.2) is 6.23 Å². The zero-order valence-electron chi connectivity index (χ0n) is 12.4. The van der Waals surface area contributed by atoms with Crippen LogP contribution in [0, 0.1) is 0 Å². The van der Waals surface area contributed by atoms with Crippen LogP contribution in [0.1, 0.15) is 11.1 Å². The maximum atomic E-state index is 11.1. The smallest absolute Gasteiger partial charge is 0.341 e. The van der Waals surface area contributed by atoms with Crippen molar-refractivity contribution in [3.05, 3.63) is 57.6 Å². The predicted molar refractivity (Wildman–Crippen MR) is 88.8 cm³/mol. The van der Waals surface area contributed by atoms with E-state index in [-0.39, 0.29) is 6.61 Å². The van der Waals surface area contributed by atoms with Gasteiger partial charge in [0.2, 0.25) is 0 Å². The van der Waals surface area contributed by atoms with Crippen LogP contribution in [-0.2, 0) is 13.0 Å². The summed E-state index contributed by atoms with van der Waals surface area (Å²) in [5.41, 5.74) is 3.14. The van der Waals surface area contributed by atoms with Crippen molar-refractivity contribution in [1.29, 1.82) is 0 Å². The Morgan fingerprint density at radius 1 is 1.29 bits per heavy atom. The number of hydroxylamine groups is 1. The largest absolute Gasteiger partial charge is 0.489 e. The molecule has 2 amide bonds. The first-order valence-corrected chi connectivity index (χ1v) is 7.88. The van der Waals surface area contributed by atoms with Crippen LogP contribution in [0.4, 0.5) is 4.79 Å². The lowest BCUT2D eigenvalue weighted by Crippen LogP contribution is -2.43. The van der Waals surface area contributed by atoms with Crippen LogP contribution in [0.25, 0.3) is 0 Å². The van der Waals surface area contributed by atoms with Crippen molar-refractivity contribution in [2.75, 3.05) is 0 Å². The normalized spacial score (nSPS) is 15.4. The van der Waals surface area contributed by atoms with Crippen molar-refractivity contribution in [3.8, 4) is 11.5 Å². The molecule has 0 aliphatic carbocycles. The molecule has 3 N–H and O–H groups in total. The molecular weight excluding hydrogens is 355 g/mol. The SMILES string of the molecule is O=C(NO)NC1Cc2ccc(OCc3c(Cl)cccc3Cl)cc2O1. The summed E-state index contributed by atoms with van der Waals surface area (Å²) in [5, 5.41) is 12.1. The minimum Gasteiger partial charge on any atom is -0.489 e. The molecule has 1 unspecified atom stereocenters. The standard InChI is InChI=1S/C16H14Cl2N2O4/c17-12-2-1-3-13(18)11(12)8-23-10-5-4-9-6-15(19-16(21)20-22)24-14(9)7-10/h1-5,7,15,22H,6,8H2,(H2,19,20,21). The number of fused-ring (bicyclic) bond motifs is 1. The van der Waals surface area contributed by atoms with E-state index in [4.69, 9.17) is 37.9 Å². The van der Waals surface area contributed by atoms with Crippen LogP contribution in [-0.4, -0.2) is 17.5 Å². The maximum absolute atomic E-state index is 11.1. The Bertz CT molecular complexity index is 749. The third-order valence-electron chi connectivity index (χ3n) is 3.55. The van der Waals surface area contributed by atoms with E-state index in [9.17, 15) is 4.79 Å². The zero-order chi connectivity index (χ0) is 17.1. The second kappa shape index (κ2) is 7.17. The van der Waals surface area contributed by atoms with E-state index >= 15 is 0 Å². The van der Waals surface area contributed by atoms with Crippen molar-refractivity contribution in [2.45, 2.75) is 19.3 Å². The maximum Gasteiger partial charge on any atom is 0.341 e. The van der Waals surface area contributed by atoms with Gasteiger partial charge in [0.05, 0.1) is 0 Å². The van der Waals surface area contributed by atoms with Gasteiger partial charge in [-0.15, -0.1) is 0 Å². The molecule has 1 aliphatic heterocycles. The summed E-state index contributed by atoms with van der Waals surface area (Å²) in [6, 6.07) is 9.95. The molecule has 0 saturated heterocycles. The van der Waals surface area contributed by atoms with Gasteiger partial charge >= 0.3 is 6.03 Å². The van der Waals surface area contributed by atoms with Gasteiger partial charge in [0, 0.05) is 33.7 Å². The fraction of sp³-hybridized carbons (Fsp3) is 0.188. The molecular formula is C16H14Cl2N2O4. The van der Waals surface area contributed by atoms with Gasteiger partial charge in [-0.05, 0) is 18.2 Å².